The van der Waals surface area contributed by atoms with E-state index in [0.29, 0.717) is 0 Å². The Hall–Kier alpha value is 0.766. The number of likely N-dealkylation sites (N-methyl/N-ethyl adjacent to an activating group) is 1. The van der Waals surface area contributed by atoms with Gasteiger partial charge in [0.2, 0.25) is 0 Å². The van der Waals surface area contributed by atoms with Crippen LogP contribution in [0.5, 0.6) is 0 Å². The van der Waals surface area contributed by atoms with Gasteiger partial charge in [-0.3, -0.25) is 0 Å². The molecule has 0 fully saturated rings. The molecular formula is C11H20IN2Po. The molecule has 1 aromatic carbocycles. The molecule has 0 saturated carbocycles. The minimum atomic E-state index is -2.26. The van der Waals surface area contributed by atoms with E-state index in [1.807, 2.05) is 0 Å². The van der Waals surface area contributed by atoms with Crippen LogP contribution >= 0.6 is 18.0 Å². The van der Waals surface area contributed by atoms with Crippen molar-refractivity contribution in [1.82, 2.24) is 8.12 Å². The molecule has 4 heteroatoms. The van der Waals surface area contributed by atoms with Gasteiger partial charge in [-0.25, -0.2) is 0 Å². The van der Waals surface area contributed by atoms with Gasteiger partial charge < -0.3 is 0 Å². The van der Waals surface area contributed by atoms with Crippen LogP contribution in [-0.4, -0.2) is 48.7 Å². The Morgan fingerprint density at radius 3 is 2.40 bits per heavy atom. The van der Waals surface area contributed by atoms with Gasteiger partial charge in [0.15, 0.2) is 0 Å². The monoisotopic (exact) mass is 516 g/mol. The quantitative estimate of drug-likeness (QED) is 0.594. The summed E-state index contributed by atoms with van der Waals surface area (Å²) in [6.45, 7) is 2.21. The van der Waals surface area contributed by atoms with E-state index < -0.39 is 16.6 Å². The number of rotatable bonds is 5. The van der Waals surface area contributed by atoms with Crippen LogP contribution in [0.25, 0.3) is 0 Å². The predicted molar refractivity (Wildman–Crippen MR) is 79.7 cm³/mol. The molecule has 0 saturated heterocycles. The van der Waals surface area contributed by atoms with Crippen molar-refractivity contribution >= 4 is 37.8 Å². The maximum atomic E-state index is 3.77. The molecule has 0 aliphatic carbocycles. The molecule has 2 nitrogen and oxygen atoms in total. The SMILES string of the molecule is CN(C)CC[NH][PoH]([CH3])([I])[c]1ccccc1. The Morgan fingerprint density at radius 2 is 1.87 bits per heavy atom. The summed E-state index contributed by atoms with van der Waals surface area (Å²) in [5.74, 6) is 0. The van der Waals surface area contributed by atoms with Crippen molar-refractivity contribution in [2.24, 2.45) is 0 Å². The summed E-state index contributed by atoms with van der Waals surface area (Å²) in [6, 6.07) is 10.9. The molecule has 0 amide bonds. The number of nitrogens with one attached hydrogen (secondary N) is 1. The first-order valence-corrected chi connectivity index (χ1v) is 21.8. The molecule has 0 aliphatic rings. The van der Waals surface area contributed by atoms with Crippen molar-refractivity contribution in [1.29, 1.82) is 0 Å². The second-order valence-electron chi connectivity index (χ2n) is 3.94. The molecule has 1 radical (unpaired) electrons. The zero-order valence-electron chi connectivity index (χ0n) is 9.57. The Bertz CT molecular complexity index is 288. The molecule has 0 bridgehead atoms. The Labute approximate surface area is 107 Å². The summed E-state index contributed by atoms with van der Waals surface area (Å²) in [5.41, 5.74) is 0. The van der Waals surface area contributed by atoms with Crippen LogP contribution in [0, 0.1) is 0 Å². The summed E-state index contributed by atoms with van der Waals surface area (Å²) < 4.78 is 7.73. The zero-order chi connectivity index (χ0) is 11.3. The number of benzene rings is 1. The fourth-order valence-electron chi connectivity index (χ4n) is 1.28. The first kappa shape index (κ1) is 13.8. The third-order valence-electron chi connectivity index (χ3n) is 2.21. The fraction of sp³-hybridized carbons (Fsp3) is 0.455. The molecule has 0 unspecified atom stereocenters. The van der Waals surface area contributed by atoms with Crippen molar-refractivity contribution in [3.05, 3.63) is 30.3 Å². The van der Waals surface area contributed by atoms with Crippen LogP contribution < -0.4 is 6.44 Å². The number of hydrogen-bond donors (Lipinski definition) is 1. The number of nitrogens with zero attached hydrogens (tertiary/aromatic N) is 1. The summed E-state index contributed by atoms with van der Waals surface area (Å²) in [7, 11) is 4.23. The van der Waals surface area contributed by atoms with Gasteiger partial charge in [0.25, 0.3) is 0 Å². The molecule has 0 spiro atoms. The van der Waals surface area contributed by atoms with Gasteiger partial charge in [-0.15, -0.1) is 0 Å². The molecule has 0 atom stereocenters. The van der Waals surface area contributed by atoms with E-state index in [1.54, 1.807) is 0 Å². The fourth-order valence-corrected chi connectivity index (χ4v) is 11.8. The van der Waals surface area contributed by atoms with Crippen LogP contribution in [-0.2, 0) is 0 Å². The Kier molecular flexibility index (Phi) is 5.98. The minimum absolute atomic E-state index is 1.10. The summed E-state index contributed by atoms with van der Waals surface area (Å²) >= 11 is 0.409. The van der Waals surface area contributed by atoms with Crippen molar-refractivity contribution < 1.29 is 0 Å². The molecule has 0 aromatic heterocycles. The molecule has 87 valence electrons. The molecule has 0 aliphatic heterocycles. The average molecular weight is 516 g/mol. The molecule has 1 aromatic rings. The van der Waals surface area contributed by atoms with Crippen LogP contribution in [0.2, 0.25) is 4.58 Å². The Morgan fingerprint density at radius 1 is 1.27 bits per heavy atom. The molecule has 0 heterocycles. The Balaban J connectivity index is 2.52. The van der Waals surface area contributed by atoms with Gasteiger partial charge in [0.05, 0.1) is 0 Å². The van der Waals surface area contributed by atoms with Gasteiger partial charge in [-0.2, -0.15) is 0 Å². The van der Waals surface area contributed by atoms with Crippen molar-refractivity contribution in [2.45, 2.75) is 4.58 Å². The second-order valence-corrected chi connectivity index (χ2v) is 31.1. The van der Waals surface area contributed by atoms with Gasteiger partial charge >= 0.3 is 108 Å². The molecule has 1 N–H and O–H groups in total. The molecule has 15 heavy (non-hydrogen) atoms. The first-order valence-electron chi connectivity index (χ1n) is 5.04. The van der Waals surface area contributed by atoms with Crippen LogP contribution in [0.1, 0.15) is 0 Å². The van der Waals surface area contributed by atoms with Crippen molar-refractivity contribution in [2.75, 3.05) is 27.2 Å². The topological polar surface area (TPSA) is 15.3 Å². The van der Waals surface area contributed by atoms with Gasteiger partial charge in [-0.1, -0.05) is 0 Å². The van der Waals surface area contributed by atoms with E-state index in [2.05, 4.69) is 75.1 Å². The second kappa shape index (κ2) is 6.49. The zero-order valence-corrected chi connectivity index (χ0v) is 15.2. The third-order valence-corrected chi connectivity index (χ3v) is 18.2. The normalized spacial score (nSPS) is 13.1. The van der Waals surface area contributed by atoms with E-state index in [1.165, 1.54) is 3.22 Å². The van der Waals surface area contributed by atoms with Gasteiger partial charge in [0, 0.05) is 0 Å². The number of hydrogen-bond acceptors (Lipinski definition) is 2. The van der Waals surface area contributed by atoms with E-state index >= 15 is 0 Å². The molecule has 1 rings (SSSR count). The van der Waals surface area contributed by atoms with Crippen LogP contribution in [0.4, 0.5) is 0 Å². The standard InChI is InChI=1S/C6H5.C4H11N2.CH3.HI.Po.H/c1-2-4-6-5-3-1;1-6(2)4-3-5;;;;/h1-5H;5H,3-4H2,1-2H3;1H3;1H;;/q;-1;;;+2;/p-1. The maximum absolute atomic E-state index is 3.77. The van der Waals surface area contributed by atoms with Gasteiger partial charge in [0.1, 0.15) is 0 Å². The first-order chi connectivity index (χ1) is 7.02. The molecular weight excluding hydrogens is 496 g/mol. The van der Waals surface area contributed by atoms with Crippen LogP contribution in [0.15, 0.2) is 30.3 Å². The van der Waals surface area contributed by atoms with E-state index in [4.69, 9.17) is 0 Å². The van der Waals surface area contributed by atoms with E-state index in [-0.39, 0.29) is 0 Å². The summed E-state index contributed by atoms with van der Waals surface area (Å²) in [5, 5.41) is 0. The third kappa shape index (κ3) is 5.08. The van der Waals surface area contributed by atoms with Crippen molar-refractivity contribution in [3.8, 4) is 0 Å². The summed E-state index contributed by atoms with van der Waals surface area (Å²) in [4.78, 5) is 2.22. The van der Waals surface area contributed by atoms with E-state index in [9.17, 15) is 0 Å². The van der Waals surface area contributed by atoms with Crippen LogP contribution in [0.3, 0.4) is 0 Å². The van der Waals surface area contributed by atoms with Crippen molar-refractivity contribution in [3.63, 3.8) is 0 Å². The van der Waals surface area contributed by atoms with E-state index in [0.717, 1.165) is 13.1 Å². The summed E-state index contributed by atoms with van der Waals surface area (Å²) in [6.07, 6.45) is 0. The number of halogens is 1. The van der Waals surface area contributed by atoms with Gasteiger partial charge in [-0.05, 0) is 0 Å². The average Bonchev–Trinajstić information content (AvgIpc) is 2.18. The predicted octanol–water partition coefficient (Wildman–Crippen LogP) is 1.28.